The third kappa shape index (κ3) is 9.59. The number of carbonyl (C=O) groups is 1. The van der Waals surface area contributed by atoms with Gasteiger partial charge in [-0.2, -0.15) is 0 Å². The van der Waals surface area contributed by atoms with Crippen LogP contribution < -0.4 is 4.74 Å². The number of aryl methyl sites for hydroxylation is 2. The second-order valence-corrected chi connectivity index (χ2v) is 6.32. The normalized spacial score (nSPS) is 10.1. The predicted molar refractivity (Wildman–Crippen MR) is 95.7 cm³/mol. The van der Waals surface area contributed by atoms with Gasteiger partial charge >= 0.3 is 0 Å². The van der Waals surface area contributed by atoms with Crippen molar-refractivity contribution in [3.05, 3.63) is 29.3 Å². The van der Waals surface area contributed by atoms with Crippen LogP contribution in [0.15, 0.2) is 18.2 Å². The average molecular weight is 306 g/mol. The molecular weight excluding hydrogens is 272 g/mol. The third-order valence-electron chi connectivity index (χ3n) is 3.25. The lowest BCUT2D eigenvalue weighted by molar-refractivity contribution is -0.117. The highest BCUT2D eigenvalue weighted by Gasteiger charge is 2.05. The zero-order chi connectivity index (χ0) is 17.0. The molecule has 0 amide bonds. The molecular formula is C20H34O2. The molecule has 2 nitrogen and oxygen atoms in total. The summed E-state index contributed by atoms with van der Waals surface area (Å²) in [6.07, 6.45) is 5.34. The molecule has 1 aromatic rings. The van der Waals surface area contributed by atoms with Gasteiger partial charge in [0, 0.05) is 6.42 Å². The van der Waals surface area contributed by atoms with E-state index in [-0.39, 0.29) is 5.78 Å². The Hall–Kier alpha value is -1.31. The number of hydrogen-bond donors (Lipinski definition) is 0. The molecule has 0 N–H and O–H groups in total. The quantitative estimate of drug-likeness (QED) is 0.572. The minimum absolute atomic E-state index is 0.287. The van der Waals surface area contributed by atoms with Crippen LogP contribution in [0.25, 0.3) is 0 Å². The number of carbonyl (C=O) groups excluding carboxylic acids is 1. The molecule has 0 aliphatic rings. The van der Waals surface area contributed by atoms with E-state index in [0.29, 0.717) is 5.92 Å². The predicted octanol–water partition coefficient (Wildman–Crippen LogP) is 5.75. The minimum atomic E-state index is 0.287. The molecule has 0 aliphatic carbocycles. The maximum atomic E-state index is 10.3. The largest absolute Gasteiger partial charge is 0.493 e. The van der Waals surface area contributed by atoms with Crippen LogP contribution >= 0.6 is 0 Å². The number of hydrogen-bond acceptors (Lipinski definition) is 2. The Morgan fingerprint density at radius 1 is 1.18 bits per heavy atom. The van der Waals surface area contributed by atoms with Gasteiger partial charge in [0.05, 0.1) is 6.61 Å². The van der Waals surface area contributed by atoms with Gasteiger partial charge in [-0.05, 0) is 43.7 Å². The van der Waals surface area contributed by atoms with Crippen molar-refractivity contribution in [2.75, 3.05) is 6.61 Å². The van der Waals surface area contributed by atoms with E-state index in [1.54, 1.807) is 6.92 Å². The zero-order valence-corrected chi connectivity index (χ0v) is 15.4. The average Bonchev–Trinajstić information content (AvgIpc) is 2.41. The molecule has 0 radical (unpaired) electrons. The Labute approximate surface area is 137 Å². The van der Waals surface area contributed by atoms with Crippen LogP contribution in [0.3, 0.4) is 0 Å². The smallest absolute Gasteiger partial charge is 0.130 e. The second kappa shape index (κ2) is 12.3. The van der Waals surface area contributed by atoms with Gasteiger partial charge in [0.1, 0.15) is 11.5 Å². The Kier molecular flexibility index (Phi) is 11.5. The fourth-order valence-electron chi connectivity index (χ4n) is 2.28. The highest BCUT2D eigenvalue weighted by Crippen LogP contribution is 2.24. The van der Waals surface area contributed by atoms with Crippen LogP contribution in [0.5, 0.6) is 5.75 Å². The topological polar surface area (TPSA) is 26.3 Å². The van der Waals surface area contributed by atoms with Crippen LogP contribution in [0.4, 0.5) is 0 Å². The van der Waals surface area contributed by atoms with E-state index in [2.05, 4.69) is 39.0 Å². The first-order valence-corrected chi connectivity index (χ1v) is 8.63. The molecule has 0 spiro atoms. The van der Waals surface area contributed by atoms with E-state index < -0.39 is 0 Å². The molecule has 0 atom stereocenters. The maximum Gasteiger partial charge on any atom is 0.130 e. The molecule has 0 unspecified atom stereocenters. The van der Waals surface area contributed by atoms with Gasteiger partial charge in [-0.25, -0.2) is 0 Å². The van der Waals surface area contributed by atoms with Crippen molar-refractivity contribution < 1.29 is 9.53 Å². The van der Waals surface area contributed by atoms with Gasteiger partial charge < -0.3 is 9.53 Å². The number of ether oxygens (including phenoxy) is 1. The summed E-state index contributed by atoms with van der Waals surface area (Å²) in [6.45, 7) is 13.1. The van der Waals surface area contributed by atoms with Crippen molar-refractivity contribution in [3.63, 3.8) is 0 Å². The second-order valence-electron chi connectivity index (χ2n) is 6.32. The zero-order valence-electron chi connectivity index (χ0n) is 15.4. The molecule has 0 aliphatic heterocycles. The Morgan fingerprint density at radius 3 is 2.32 bits per heavy atom. The number of rotatable bonds is 8. The van der Waals surface area contributed by atoms with Gasteiger partial charge in [-0.1, -0.05) is 58.7 Å². The first-order valence-electron chi connectivity index (χ1n) is 8.63. The van der Waals surface area contributed by atoms with Crippen LogP contribution in [0, 0.1) is 12.8 Å². The van der Waals surface area contributed by atoms with Crippen LogP contribution in [-0.4, -0.2) is 12.4 Å². The number of ketones is 1. The summed E-state index contributed by atoms with van der Waals surface area (Å²) in [5.74, 6) is 1.93. The first-order chi connectivity index (χ1) is 10.4. The first kappa shape index (κ1) is 20.7. The highest BCUT2D eigenvalue weighted by molar-refractivity contribution is 5.75. The van der Waals surface area contributed by atoms with Gasteiger partial charge in [0.25, 0.3) is 0 Å². The van der Waals surface area contributed by atoms with Crippen LogP contribution in [0.1, 0.15) is 71.4 Å². The lowest BCUT2D eigenvalue weighted by atomic mass is 10.1. The molecule has 0 saturated carbocycles. The summed E-state index contributed by atoms with van der Waals surface area (Å²) in [4.78, 5) is 10.3. The molecule has 0 saturated heterocycles. The summed E-state index contributed by atoms with van der Waals surface area (Å²) < 4.78 is 5.86. The highest BCUT2D eigenvalue weighted by atomic mass is 16.5. The maximum absolute atomic E-state index is 10.3. The molecule has 0 fully saturated rings. The van der Waals surface area contributed by atoms with E-state index >= 15 is 0 Å². The van der Waals surface area contributed by atoms with E-state index in [9.17, 15) is 4.79 Å². The summed E-state index contributed by atoms with van der Waals surface area (Å²) in [5, 5.41) is 0. The molecule has 1 rings (SSSR count). The Balaban J connectivity index is 0.000000534. The van der Waals surface area contributed by atoms with E-state index in [4.69, 9.17) is 4.74 Å². The number of benzene rings is 1. The van der Waals surface area contributed by atoms with Crippen molar-refractivity contribution >= 4 is 5.78 Å². The lowest BCUT2D eigenvalue weighted by Gasteiger charge is -2.13. The molecule has 126 valence electrons. The van der Waals surface area contributed by atoms with Crippen molar-refractivity contribution in [2.45, 2.75) is 73.6 Å². The van der Waals surface area contributed by atoms with Crippen molar-refractivity contribution in [3.8, 4) is 5.75 Å². The van der Waals surface area contributed by atoms with Gasteiger partial charge in [0.15, 0.2) is 0 Å². The van der Waals surface area contributed by atoms with Gasteiger partial charge in [-0.15, -0.1) is 0 Å². The number of unbranched alkanes of at least 4 members (excludes halogenated alkanes) is 1. The summed E-state index contributed by atoms with van der Waals surface area (Å²) >= 11 is 0. The molecule has 0 aromatic heterocycles. The van der Waals surface area contributed by atoms with Crippen molar-refractivity contribution in [1.29, 1.82) is 0 Å². The molecule has 2 heteroatoms. The lowest BCUT2D eigenvalue weighted by Crippen LogP contribution is -2.01. The molecule has 0 heterocycles. The molecule has 1 aromatic carbocycles. The fraction of sp³-hybridized carbons (Fsp3) is 0.650. The van der Waals surface area contributed by atoms with Crippen LogP contribution in [0.2, 0.25) is 0 Å². The number of para-hydroxylation sites is 1. The monoisotopic (exact) mass is 306 g/mol. The van der Waals surface area contributed by atoms with E-state index in [1.165, 1.54) is 24.0 Å². The third-order valence-corrected chi connectivity index (χ3v) is 3.25. The van der Waals surface area contributed by atoms with Crippen molar-refractivity contribution in [2.24, 2.45) is 5.92 Å². The SMILES string of the molecule is CC(=O)CC(C)C.CCCCOc1c(C)cccc1CCC. The van der Waals surface area contributed by atoms with Crippen LogP contribution in [-0.2, 0) is 11.2 Å². The Morgan fingerprint density at radius 2 is 1.86 bits per heavy atom. The van der Waals surface area contributed by atoms with Crippen molar-refractivity contribution in [1.82, 2.24) is 0 Å². The summed E-state index contributed by atoms with van der Waals surface area (Å²) in [7, 11) is 0. The standard InChI is InChI=1S/C14H22O.C6H12O/c1-4-6-11-15-14-12(3)9-7-10-13(14)8-5-2;1-5(2)4-6(3)7/h7,9-10H,4-6,8,11H2,1-3H3;5H,4H2,1-3H3. The summed E-state index contributed by atoms with van der Waals surface area (Å²) in [5.41, 5.74) is 2.62. The number of Topliss-reactive ketones (excluding diaryl/α,β-unsaturated/α-hetero) is 1. The minimum Gasteiger partial charge on any atom is -0.493 e. The summed E-state index contributed by atoms with van der Waals surface area (Å²) in [6, 6.07) is 6.42. The van der Waals surface area contributed by atoms with Gasteiger partial charge in [0.2, 0.25) is 0 Å². The van der Waals surface area contributed by atoms with E-state index in [0.717, 1.165) is 31.6 Å². The van der Waals surface area contributed by atoms with E-state index in [1.807, 2.05) is 13.8 Å². The Bertz CT molecular complexity index is 422. The van der Waals surface area contributed by atoms with Gasteiger partial charge in [-0.3, -0.25) is 0 Å². The fourth-order valence-corrected chi connectivity index (χ4v) is 2.28. The molecule has 22 heavy (non-hydrogen) atoms. The molecule has 0 bridgehead atoms.